The summed E-state index contributed by atoms with van der Waals surface area (Å²) in [5.74, 6) is 1.01. The Morgan fingerprint density at radius 3 is 2.48 bits per heavy atom. The van der Waals surface area contributed by atoms with Gasteiger partial charge >= 0.3 is 0 Å². The van der Waals surface area contributed by atoms with Crippen molar-refractivity contribution in [1.82, 2.24) is 5.32 Å². The Balaban J connectivity index is 2.02. The summed E-state index contributed by atoms with van der Waals surface area (Å²) in [6, 6.07) is 8.60. The lowest BCUT2D eigenvalue weighted by Gasteiger charge is -2.14. The zero-order chi connectivity index (χ0) is 15.2. The van der Waals surface area contributed by atoms with Crippen molar-refractivity contribution in [2.75, 3.05) is 6.54 Å². The van der Waals surface area contributed by atoms with Gasteiger partial charge < -0.3 is 10.1 Å². The van der Waals surface area contributed by atoms with E-state index in [0.717, 1.165) is 29.0 Å². The van der Waals surface area contributed by atoms with E-state index in [1.165, 1.54) is 21.6 Å². The molecule has 21 heavy (non-hydrogen) atoms. The van der Waals surface area contributed by atoms with E-state index in [0.29, 0.717) is 6.61 Å². The summed E-state index contributed by atoms with van der Waals surface area (Å²) < 4.78 is 7.16. The second-order valence-electron chi connectivity index (χ2n) is 5.23. The monoisotopic (exact) mass is 367 g/mol. The van der Waals surface area contributed by atoms with Crippen molar-refractivity contribution in [3.05, 3.63) is 49.6 Å². The molecule has 0 bridgehead atoms. The highest BCUT2D eigenvalue weighted by atomic mass is 79.9. The third kappa shape index (κ3) is 4.83. The summed E-state index contributed by atoms with van der Waals surface area (Å²) in [6.45, 7) is 9.04. The first-order valence-electron chi connectivity index (χ1n) is 7.28. The highest BCUT2D eigenvalue weighted by Gasteiger charge is 2.08. The minimum Gasteiger partial charge on any atom is -0.488 e. The van der Waals surface area contributed by atoms with E-state index >= 15 is 0 Å². The molecule has 0 saturated heterocycles. The van der Waals surface area contributed by atoms with Gasteiger partial charge in [-0.15, -0.1) is 11.3 Å². The fourth-order valence-electron chi connectivity index (χ4n) is 2.35. The van der Waals surface area contributed by atoms with E-state index in [-0.39, 0.29) is 0 Å². The third-order valence-corrected chi connectivity index (χ3v) is 4.86. The van der Waals surface area contributed by atoms with Crippen molar-refractivity contribution in [3.63, 3.8) is 0 Å². The highest BCUT2D eigenvalue weighted by molar-refractivity contribution is 9.11. The molecular formula is C17H22BrNOS. The normalized spacial score (nSPS) is 10.9. The lowest BCUT2D eigenvalue weighted by atomic mass is 10.1. The van der Waals surface area contributed by atoms with Gasteiger partial charge in [-0.3, -0.25) is 0 Å². The Morgan fingerprint density at radius 2 is 1.90 bits per heavy atom. The van der Waals surface area contributed by atoms with Gasteiger partial charge in [0.25, 0.3) is 0 Å². The van der Waals surface area contributed by atoms with Crippen LogP contribution in [-0.2, 0) is 13.2 Å². The molecule has 0 amide bonds. The average Bonchev–Trinajstić information content (AvgIpc) is 2.84. The van der Waals surface area contributed by atoms with E-state index < -0.39 is 0 Å². The second-order valence-corrected chi connectivity index (χ2v) is 7.78. The zero-order valence-corrected chi connectivity index (χ0v) is 15.2. The SMILES string of the molecule is CCCNCc1cc(C)c(OCc2ccc(Br)s2)c(C)c1. The number of halogens is 1. The van der Waals surface area contributed by atoms with Crippen LogP contribution in [0.3, 0.4) is 0 Å². The zero-order valence-electron chi connectivity index (χ0n) is 12.8. The number of thiophene rings is 1. The highest BCUT2D eigenvalue weighted by Crippen LogP contribution is 2.28. The Kier molecular flexibility index (Phi) is 6.27. The second kappa shape index (κ2) is 7.97. The molecule has 0 aliphatic carbocycles. The first-order chi connectivity index (χ1) is 10.1. The molecule has 2 nitrogen and oxygen atoms in total. The first-order valence-corrected chi connectivity index (χ1v) is 8.89. The molecule has 0 aliphatic heterocycles. The number of nitrogens with one attached hydrogen (secondary N) is 1. The molecule has 0 aliphatic rings. The minimum atomic E-state index is 0.630. The molecule has 1 aromatic heterocycles. The van der Waals surface area contributed by atoms with E-state index in [1.807, 2.05) is 0 Å². The third-order valence-electron chi connectivity index (χ3n) is 3.26. The summed E-state index contributed by atoms with van der Waals surface area (Å²) >= 11 is 5.20. The first kappa shape index (κ1) is 16.5. The van der Waals surface area contributed by atoms with Crippen LogP contribution in [-0.4, -0.2) is 6.54 Å². The molecule has 1 heterocycles. The summed E-state index contributed by atoms with van der Waals surface area (Å²) in [5.41, 5.74) is 3.74. The summed E-state index contributed by atoms with van der Waals surface area (Å²) in [7, 11) is 0. The Labute approximate surface area is 139 Å². The maximum absolute atomic E-state index is 6.02. The predicted molar refractivity (Wildman–Crippen MR) is 94.3 cm³/mol. The minimum absolute atomic E-state index is 0.630. The van der Waals surface area contributed by atoms with Crippen molar-refractivity contribution in [3.8, 4) is 5.75 Å². The van der Waals surface area contributed by atoms with Crippen molar-refractivity contribution in [1.29, 1.82) is 0 Å². The molecule has 1 N–H and O–H groups in total. The van der Waals surface area contributed by atoms with Crippen molar-refractivity contribution in [2.45, 2.75) is 40.3 Å². The largest absolute Gasteiger partial charge is 0.488 e. The van der Waals surface area contributed by atoms with Crippen LogP contribution in [0.25, 0.3) is 0 Å². The Bertz CT molecular complexity index is 571. The van der Waals surface area contributed by atoms with Gasteiger partial charge in [-0.25, -0.2) is 0 Å². The number of rotatable bonds is 7. The van der Waals surface area contributed by atoms with Crippen LogP contribution in [0.1, 0.15) is 34.9 Å². The van der Waals surface area contributed by atoms with Gasteiger partial charge in [0.15, 0.2) is 0 Å². The maximum atomic E-state index is 6.02. The smallest absolute Gasteiger partial charge is 0.125 e. The van der Waals surface area contributed by atoms with Gasteiger partial charge in [-0.1, -0.05) is 19.1 Å². The quantitative estimate of drug-likeness (QED) is 0.678. The molecule has 1 aromatic carbocycles. The number of benzene rings is 1. The molecule has 0 saturated carbocycles. The number of hydrogen-bond donors (Lipinski definition) is 1. The molecule has 0 spiro atoms. The maximum Gasteiger partial charge on any atom is 0.125 e. The summed E-state index contributed by atoms with van der Waals surface area (Å²) in [6.07, 6.45) is 1.16. The van der Waals surface area contributed by atoms with Crippen LogP contribution >= 0.6 is 27.3 Å². The van der Waals surface area contributed by atoms with E-state index in [4.69, 9.17) is 4.74 Å². The van der Waals surface area contributed by atoms with Crippen molar-refractivity contribution >= 4 is 27.3 Å². The van der Waals surface area contributed by atoms with Crippen molar-refractivity contribution < 1.29 is 4.74 Å². The lowest BCUT2D eigenvalue weighted by molar-refractivity contribution is 0.305. The average molecular weight is 368 g/mol. The van der Waals surface area contributed by atoms with Crippen molar-refractivity contribution in [2.24, 2.45) is 0 Å². The van der Waals surface area contributed by atoms with E-state index in [1.54, 1.807) is 11.3 Å². The van der Waals surface area contributed by atoms with Crippen LogP contribution in [0.15, 0.2) is 28.1 Å². The molecule has 0 fully saturated rings. The fourth-order valence-corrected chi connectivity index (χ4v) is 3.75. The number of aryl methyl sites for hydroxylation is 2. The predicted octanol–water partition coefficient (Wildman–Crippen LogP) is 5.21. The van der Waals surface area contributed by atoms with E-state index in [9.17, 15) is 0 Å². The number of ether oxygens (including phenoxy) is 1. The summed E-state index contributed by atoms with van der Waals surface area (Å²) in [4.78, 5) is 1.23. The van der Waals surface area contributed by atoms with Crippen LogP contribution in [0, 0.1) is 13.8 Å². The Morgan fingerprint density at radius 1 is 1.19 bits per heavy atom. The summed E-state index contributed by atoms with van der Waals surface area (Å²) in [5, 5.41) is 3.44. The van der Waals surface area contributed by atoms with Gasteiger partial charge in [0.05, 0.1) is 3.79 Å². The Hall–Kier alpha value is -0.840. The van der Waals surface area contributed by atoms with Crippen LogP contribution in [0.5, 0.6) is 5.75 Å². The molecular weight excluding hydrogens is 346 g/mol. The molecule has 0 atom stereocenters. The molecule has 0 unspecified atom stereocenters. The fraction of sp³-hybridized carbons (Fsp3) is 0.412. The van der Waals surface area contributed by atoms with Gasteiger partial charge in [-0.2, -0.15) is 0 Å². The van der Waals surface area contributed by atoms with Crippen LogP contribution < -0.4 is 10.1 Å². The van der Waals surface area contributed by atoms with Gasteiger partial charge in [0.1, 0.15) is 12.4 Å². The molecule has 2 aromatic rings. The van der Waals surface area contributed by atoms with Gasteiger partial charge in [0.2, 0.25) is 0 Å². The van der Waals surface area contributed by atoms with Gasteiger partial charge in [-0.05, 0) is 71.6 Å². The number of hydrogen-bond acceptors (Lipinski definition) is 3. The lowest BCUT2D eigenvalue weighted by Crippen LogP contribution is -2.14. The van der Waals surface area contributed by atoms with Crippen LogP contribution in [0.2, 0.25) is 0 Å². The molecule has 4 heteroatoms. The molecule has 0 radical (unpaired) electrons. The standard InChI is InChI=1S/C17H22BrNOS/c1-4-7-19-10-14-8-12(2)17(13(3)9-14)20-11-15-5-6-16(18)21-15/h5-6,8-9,19H,4,7,10-11H2,1-3H3. The molecule has 2 rings (SSSR count). The molecule has 114 valence electrons. The van der Waals surface area contributed by atoms with Gasteiger partial charge in [0, 0.05) is 11.4 Å². The topological polar surface area (TPSA) is 21.3 Å². The van der Waals surface area contributed by atoms with E-state index in [2.05, 4.69) is 66.3 Å². The van der Waals surface area contributed by atoms with Crippen LogP contribution in [0.4, 0.5) is 0 Å².